The molecular formula is C8H7F3NS. The van der Waals surface area contributed by atoms with Crippen LogP contribution in [0.15, 0.2) is 23.1 Å². The van der Waals surface area contributed by atoms with Crippen LogP contribution < -0.4 is 5.73 Å². The molecule has 1 aromatic rings. The third-order valence-corrected chi connectivity index (χ3v) is 1.96. The number of rotatable bonds is 2. The minimum Gasteiger partial charge on any atom is -0.326 e. The Morgan fingerprint density at radius 2 is 2.08 bits per heavy atom. The Kier molecular flexibility index (Phi) is 3.22. The van der Waals surface area contributed by atoms with Crippen LogP contribution in [0.4, 0.5) is 13.2 Å². The molecule has 0 aliphatic rings. The summed E-state index contributed by atoms with van der Waals surface area (Å²) < 4.78 is 35.7. The molecule has 0 aliphatic carbocycles. The highest BCUT2D eigenvalue weighted by Gasteiger charge is 2.29. The van der Waals surface area contributed by atoms with Crippen LogP contribution in [0.3, 0.4) is 0 Å². The SMILES string of the molecule is NCc1[c]c(SC(F)(F)F)ccc1. The molecule has 1 aromatic carbocycles. The van der Waals surface area contributed by atoms with Crippen LogP contribution in [0.1, 0.15) is 5.56 Å². The first-order chi connectivity index (χ1) is 6.01. The zero-order valence-corrected chi connectivity index (χ0v) is 7.38. The molecule has 13 heavy (non-hydrogen) atoms. The van der Waals surface area contributed by atoms with Crippen molar-refractivity contribution < 1.29 is 13.2 Å². The number of alkyl halides is 3. The van der Waals surface area contributed by atoms with Crippen LogP contribution in [0.25, 0.3) is 0 Å². The lowest BCUT2D eigenvalue weighted by molar-refractivity contribution is -0.0328. The summed E-state index contributed by atoms with van der Waals surface area (Å²) in [6.07, 6.45) is 0. The van der Waals surface area contributed by atoms with Crippen LogP contribution in [0.2, 0.25) is 0 Å². The smallest absolute Gasteiger partial charge is 0.326 e. The highest BCUT2D eigenvalue weighted by molar-refractivity contribution is 8.00. The third kappa shape index (κ3) is 3.69. The van der Waals surface area contributed by atoms with Gasteiger partial charge in [-0.2, -0.15) is 13.2 Å². The number of benzene rings is 1. The molecule has 0 bridgehead atoms. The van der Waals surface area contributed by atoms with Gasteiger partial charge in [-0.15, -0.1) is 0 Å². The van der Waals surface area contributed by atoms with Crippen LogP contribution in [0.5, 0.6) is 0 Å². The lowest BCUT2D eigenvalue weighted by atomic mass is 10.2. The number of thioether (sulfide) groups is 1. The van der Waals surface area contributed by atoms with Gasteiger partial charge in [0, 0.05) is 17.5 Å². The second kappa shape index (κ2) is 4.02. The first-order valence-electron chi connectivity index (χ1n) is 3.48. The van der Waals surface area contributed by atoms with E-state index in [2.05, 4.69) is 6.07 Å². The fourth-order valence-electron chi connectivity index (χ4n) is 0.797. The van der Waals surface area contributed by atoms with E-state index in [0.717, 1.165) is 0 Å². The van der Waals surface area contributed by atoms with Gasteiger partial charge >= 0.3 is 5.51 Å². The standard InChI is InChI=1S/C8H7F3NS/c9-8(10,11)13-7-3-1-2-6(4-7)5-12/h1-3H,5,12H2. The average Bonchev–Trinajstić information content (AvgIpc) is 2.01. The van der Waals surface area contributed by atoms with Gasteiger partial charge in [-0.05, 0) is 23.4 Å². The Morgan fingerprint density at radius 3 is 2.62 bits per heavy atom. The van der Waals surface area contributed by atoms with Crippen molar-refractivity contribution in [2.45, 2.75) is 16.9 Å². The van der Waals surface area contributed by atoms with E-state index >= 15 is 0 Å². The Morgan fingerprint density at radius 1 is 1.38 bits per heavy atom. The molecule has 0 spiro atoms. The summed E-state index contributed by atoms with van der Waals surface area (Å²) in [4.78, 5) is 0.0513. The number of nitrogens with two attached hydrogens (primary N) is 1. The van der Waals surface area contributed by atoms with Crippen LogP contribution >= 0.6 is 11.8 Å². The first kappa shape index (κ1) is 10.4. The maximum atomic E-state index is 11.9. The molecule has 0 heterocycles. The van der Waals surface area contributed by atoms with Gasteiger partial charge in [0.05, 0.1) is 0 Å². The third-order valence-electron chi connectivity index (χ3n) is 1.27. The molecule has 1 nitrogen and oxygen atoms in total. The lowest BCUT2D eigenvalue weighted by Crippen LogP contribution is -2.00. The summed E-state index contributed by atoms with van der Waals surface area (Å²) in [6.45, 7) is 0.201. The van der Waals surface area contributed by atoms with E-state index in [1.165, 1.54) is 12.1 Å². The van der Waals surface area contributed by atoms with E-state index in [0.29, 0.717) is 5.56 Å². The Labute approximate surface area is 78.1 Å². The molecule has 5 heteroatoms. The van der Waals surface area contributed by atoms with E-state index < -0.39 is 5.51 Å². The van der Waals surface area contributed by atoms with E-state index in [1.54, 1.807) is 6.07 Å². The van der Waals surface area contributed by atoms with Crippen LogP contribution in [-0.2, 0) is 6.54 Å². The molecule has 0 amide bonds. The molecule has 0 atom stereocenters. The maximum Gasteiger partial charge on any atom is 0.446 e. The Bertz CT molecular complexity index is 285. The number of hydrogen-bond donors (Lipinski definition) is 1. The minimum atomic E-state index is -4.26. The highest BCUT2D eigenvalue weighted by atomic mass is 32.2. The van der Waals surface area contributed by atoms with Crippen LogP contribution in [-0.4, -0.2) is 5.51 Å². The Balaban J connectivity index is 2.78. The second-order valence-corrected chi connectivity index (χ2v) is 3.40. The normalized spacial score (nSPS) is 11.7. The molecule has 0 saturated carbocycles. The monoisotopic (exact) mass is 206 g/mol. The molecule has 71 valence electrons. The van der Waals surface area contributed by atoms with E-state index in [1.807, 2.05) is 0 Å². The molecule has 0 fully saturated rings. The first-order valence-corrected chi connectivity index (χ1v) is 4.30. The Hall–Kier alpha value is -0.680. The topological polar surface area (TPSA) is 26.0 Å². The van der Waals surface area contributed by atoms with Crippen molar-refractivity contribution in [2.75, 3.05) is 0 Å². The number of halogens is 3. The summed E-state index contributed by atoms with van der Waals surface area (Å²) in [5.41, 5.74) is 1.58. The summed E-state index contributed by atoms with van der Waals surface area (Å²) in [5.74, 6) is 0. The van der Waals surface area contributed by atoms with Gasteiger partial charge in [0.1, 0.15) is 0 Å². The van der Waals surface area contributed by atoms with Gasteiger partial charge in [0.15, 0.2) is 0 Å². The largest absolute Gasteiger partial charge is 0.446 e. The molecule has 0 unspecified atom stereocenters. The van der Waals surface area contributed by atoms with Gasteiger partial charge in [0.2, 0.25) is 0 Å². The predicted octanol–water partition coefficient (Wildman–Crippen LogP) is 2.56. The molecule has 1 rings (SSSR count). The van der Waals surface area contributed by atoms with Crippen molar-refractivity contribution in [1.29, 1.82) is 0 Å². The fraction of sp³-hybridized carbons (Fsp3) is 0.250. The molecule has 0 saturated heterocycles. The van der Waals surface area contributed by atoms with Crippen molar-refractivity contribution in [3.8, 4) is 0 Å². The van der Waals surface area contributed by atoms with E-state index in [4.69, 9.17) is 5.73 Å². The summed E-state index contributed by atoms with van der Waals surface area (Å²) in [7, 11) is 0. The van der Waals surface area contributed by atoms with Crippen molar-refractivity contribution in [1.82, 2.24) is 0 Å². The van der Waals surface area contributed by atoms with E-state index in [9.17, 15) is 13.2 Å². The van der Waals surface area contributed by atoms with Gasteiger partial charge in [0.25, 0.3) is 0 Å². The predicted molar refractivity (Wildman–Crippen MR) is 45.1 cm³/mol. The summed E-state index contributed by atoms with van der Waals surface area (Å²) in [6, 6.07) is 7.10. The lowest BCUT2D eigenvalue weighted by Gasteiger charge is -2.05. The fourth-order valence-corrected chi connectivity index (χ4v) is 1.37. The van der Waals surface area contributed by atoms with Crippen molar-refractivity contribution in [3.63, 3.8) is 0 Å². The van der Waals surface area contributed by atoms with E-state index in [-0.39, 0.29) is 23.2 Å². The maximum absolute atomic E-state index is 11.9. The zero-order valence-electron chi connectivity index (χ0n) is 6.56. The van der Waals surface area contributed by atoms with Crippen molar-refractivity contribution in [3.05, 3.63) is 29.8 Å². The zero-order chi connectivity index (χ0) is 9.90. The molecule has 2 N–H and O–H groups in total. The summed E-state index contributed by atoms with van der Waals surface area (Å²) >= 11 is -0.181. The van der Waals surface area contributed by atoms with Crippen LogP contribution in [0, 0.1) is 6.07 Å². The average molecular weight is 206 g/mol. The van der Waals surface area contributed by atoms with Gasteiger partial charge < -0.3 is 5.73 Å². The van der Waals surface area contributed by atoms with Gasteiger partial charge in [-0.25, -0.2) is 0 Å². The second-order valence-electron chi connectivity index (χ2n) is 2.29. The molecular weight excluding hydrogens is 199 g/mol. The molecule has 1 radical (unpaired) electrons. The molecule has 0 aromatic heterocycles. The van der Waals surface area contributed by atoms with Crippen molar-refractivity contribution >= 4 is 11.8 Å². The quantitative estimate of drug-likeness (QED) is 0.752. The van der Waals surface area contributed by atoms with Crippen molar-refractivity contribution in [2.24, 2.45) is 5.73 Å². The highest BCUT2D eigenvalue weighted by Crippen LogP contribution is 2.36. The summed E-state index contributed by atoms with van der Waals surface area (Å²) in [5, 5.41) is 0. The molecule has 0 aliphatic heterocycles. The number of hydrogen-bond acceptors (Lipinski definition) is 2. The van der Waals surface area contributed by atoms with Gasteiger partial charge in [-0.1, -0.05) is 12.1 Å². The minimum absolute atomic E-state index is 0.0513. The van der Waals surface area contributed by atoms with Gasteiger partial charge in [-0.3, -0.25) is 0 Å².